The van der Waals surface area contributed by atoms with Crippen LogP contribution in [0.25, 0.3) is 0 Å². The molecule has 1 amide bonds. The number of amides is 1. The lowest BCUT2D eigenvalue weighted by molar-refractivity contribution is -0.141. The summed E-state index contributed by atoms with van der Waals surface area (Å²) < 4.78 is 5.97. The van der Waals surface area contributed by atoms with E-state index in [1.165, 1.54) is 11.8 Å². The molecule has 8 heteroatoms. The van der Waals surface area contributed by atoms with Gasteiger partial charge in [0, 0.05) is 12.3 Å². The number of methoxy groups -OCH3 is 1. The minimum absolute atomic E-state index is 0. The quantitative estimate of drug-likeness (QED) is 0.794. The predicted molar refractivity (Wildman–Crippen MR) is 75.8 cm³/mol. The van der Waals surface area contributed by atoms with Crippen LogP contribution in [-0.2, 0) is 20.9 Å². The standard InChI is InChI=1S/C12H18N4O3.ClH/c1-19-11(17)8-16-7-5-10(15-16)14-12(18)9-4-2-3-6-13-9;/h5,7,9,13H,2-4,6,8H2,1H3,(H,14,15,18);1H. The Balaban J connectivity index is 0.00000200. The third-order valence-corrected chi connectivity index (χ3v) is 3.04. The van der Waals surface area contributed by atoms with Crippen LogP contribution in [0.4, 0.5) is 5.82 Å². The van der Waals surface area contributed by atoms with Crippen molar-refractivity contribution in [2.45, 2.75) is 31.8 Å². The van der Waals surface area contributed by atoms with E-state index in [9.17, 15) is 9.59 Å². The zero-order valence-electron chi connectivity index (χ0n) is 11.3. The van der Waals surface area contributed by atoms with Gasteiger partial charge in [0.25, 0.3) is 0 Å². The summed E-state index contributed by atoms with van der Waals surface area (Å²) in [5.41, 5.74) is 0. The SMILES string of the molecule is COC(=O)Cn1ccc(NC(=O)C2CCCCN2)n1.Cl. The average molecular weight is 303 g/mol. The van der Waals surface area contributed by atoms with Gasteiger partial charge in [-0.1, -0.05) is 6.42 Å². The monoisotopic (exact) mass is 302 g/mol. The number of esters is 1. The second kappa shape index (κ2) is 7.86. The van der Waals surface area contributed by atoms with Crippen molar-refractivity contribution in [1.82, 2.24) is 15.1 Å². The van der Waals surface area contributed by atoms with E-state index in [-0.39, 0.29) is 36.9 Å². The van der Waals surface area contributed by atoms with Crippen LogP contribution in [0.2, 0.25) is 0 Å². The molecule has 1 atom stereocenters. The van der Waals surface area contributed by atoms with Crippen LogP contribution < -0.4 is 10.6 Å². The summed E-state index contributed by atoms with van der Waals surface area (Å²) in [6.45, 7) is 0.906. The number of rotatable bonds is 4. The lowest BCUT2D eigenvalue weighted by atomic mass is 10.0. The number of ether oxygens (including phenoxy) is 1. The lowest BCUT2D eigenvalue weighted by Gasteiger charge is -2.21. The molecular formula is C12H19ClN4O3. The smallest absolute Gasteiger partial charge is 0.327 e. The molecule has 0 bridgehead atoms. The number of carbonyl (C=O) groups excluding carboxylic acids is 2. The van der Waals surface area contributed by atoms with Gasteiger partial charge in [-0.15, -0.1) is 12.4 Å². The Morgan fingerprint density at radius 1 is 1.55 bits per heavy atom. The number of aromatic nitrogens is 2. The maximum Gasteiger partial charge on any atom is 0.327 e. The van der Waals surface area contributed by atoms with Gasteiger partial charge in [-0.3, -0.25) is 14.3 Å². The molecule has 0 spiro atoms. The molecule has 0 aromatic carbocycles. The summed E-state index contributed by atoms with van der Waals surface area (Å²) in [4.78, 5) is 23.0. The van der Waals surface area contributed by atoms with E-state index in [0.29, 0.717) is 5.82 Å². The fourth-order valence-corrected chi connectivity index (χ4v) is 2.00. The third-order valence-electron chi connectivity index (χ3n) is 3.04. The number of nitrogens with one attached hydrogen (secondary N) is 2. The summed E-state index contributed by atoms with van der Waals surface area (Å²) >= 11 is 0. The highest BCUT2D eigenvalue weighted by Gasteiger charge is 2.21. The van der Waals surface area contributed by atoms with E-state index in [0.717, 1.165) is 25.8 Å². The number of halogens is 1. The predicted octanol–water partition coefficient (Wildman–Crippen LogP) is 0.558. The van der Waals surface area contributed by atoms with E-state index in [1.54, 1.807) is 12.3 Å². The van der Waals surface area contributed by atoms with Crippen LogP contribution in [0.15, 0.2) is 12.3 Å². The average Bonchev–Trinajstić information content (AvgIpc) is 2.86. The molecule has 2 N–H and O–H groups in total. The Morgan fingerprint density at radius 2 is 2.35 bits per heavy atom. The van der Waals surface area contributed by atoms with Gasteiger partial charge in [-0.05, 0) is 19.4 Å². The van der Waals surface area contributed by atoms with Crippen LogP contribution in [0, 0.1) is 0 Å². The number of nitrogens with zero attached hydrogens (tertiary/aromatic N) is 2. The number of piperidine rings is 1. The summed E-state index contributed by atoms with van der Waals surface area (Å²) in [5, 5.41) is 9.99. The Bertz CT molecular complexity index is 457. The minimum atomic E-state index is -0.380. The van der Waals surface area contributed by atoms with Gasteiger partial charge in [-0.25, -0.2) is 0 Å². The number of carbonyl (C=O) groups is 2. The Hall–Kier alpha value is -1.60. The van der Waals surface area contributed by atoms with Crippen molar-refractivity contribution in [2.24, 2.45) is 0 Å². The van der Waals surface area contributed by atoms with Crippen LogP contribution >= 0.6 is 12.4 Å². The van der Waals surface area contributed by atoms with Crippen molar-refractivity contribution in [3.8, 4) is 0 Å². The van der Waals surface area contributed by atoms with Gasteiger partial charge in [0.1, 0.15) is 6.54 Å². The van der Waals surface area contributed by atoms with Gasteiger partial charge in [0.2, 0.25) is 5.91 Å². The highest BCUT2D eigenvalue weighted by Crippen LogP contribution is 2.10. The van der Waals surface area contributed by atoms with Gasteiger partial charge in [0.15, 0.2) is 5.82 Å². The summed E-state index contributed by atoms with van der Waals surface area (Å²) in [7, 11) is 1.32. The van der Waals surface area contributed by atoms with Crippen molar-refractivity contribution in [1.29, 1.82) is 0 Å². The number of hydrogen-bond donors (Lipinski definition) is 2. The lowest BCUT2D eigenvalue weighted by Crippen LogP contribution is -2.43. The number of hydrogen-bond acceptors (Lipinski definition) is 5. The van der Waals surface area contributed by atoms with E-state index >= 15 is 0 Å². The van der Waals surface area contributed by atoms with E-state index in [1.807, 2.05) is 0 Å². The first-order chi connectivity index (χ1) is 9.19. The fourth-order valence-electron chi connectivity index (χ4n) is 2.00. The highest BCUT2D eigenvalue weighted by atomic mass is 35.5. The first-order valence-electron chi connectivity index (χ1n) is 6.33. The summed E-state index contributed by atoms with van der Waals surface area (Å²) in [6.07, 6.45) is 4.63. The molecule has 0 saturated carbocycles. The van der Waals surface area contributed by atoms with Crippen molar-refractivity contribution < 1.29 is 14.3 Å². The molecule has 1 fully saturated rings. The Labute approximate surface area is 123 Å². The molecule has 2 heterocycles. The first kappa shape index (κ1) is 16.5. The van der Waals surface area contributed by atoms with Crippen molar-refractivity contribution >= 4 is 30.1 Å². The van der Waals surface area contributed by atoms with Crippen LogP contribution in [0.3, 0.4) is 0 Å². The largest absolute Gasteiger partial charge is 0.468 e. The Kier molecular flexibility index (Phi) is 6.47. The van der Waals surface area contributed by atoms with Crippen LogP contribution in [0.1, 0.15) is 19.3 Å². The molecule has 112 valence electrons. The van der Waals surface area contributed by atoms with E-state index in [4.69, 9.17) is 0 Å². The summed E-state index contributed by atoms with van der Waals surface area (Å²) in [5.74, 6) is -0.0146. The summed E-state index contributed by atoms with van der Waals surface area (Å²) in [6, 6.07) is 1.50. The van der Waals surface area contributed by atoms with Crippen molar-refractivity contribution in [3.05, 3.63) is 12.3 Å². The molecule has 20 heavy (non-hydrogen) atoms. The molecule has 7 nitrogen and oxygen atoms in total. The van der Waals surface area contributed by atoms with Crippen LogP contribution in [0.5, 0.6) is 0 Å². The normalized spacial score (nSPS) is 17.9. The molecule has 0 aliphatic carbocycles. The fraction of sp³-hybridized carbons (Fsp3) is 0.583. The second-order valence-corrected chi connectivity index (χ2v) is 4.47. The molecule has 0 radical (unpaired) electrons. The van der Waals surface area contributed by atoms with Gasteiger partial charge < -0.3 is 15.4 Å². The highest BCUT2D eigenvalue weighted by molar-refractivity contribution is 5.94. The van der Waals surface area contributed by atoms with Crippen LogP contribution in [-0.4, -0.2) is 41.4 Å². The minimum Gasteiger partial charge on any atom is -0.468 e. The third kappa shape index (κ3) is 4.50. The molecule has 1 aromatic rings. The van der Waals surface area contributed by atoms with Gasteiger partial charge in [0.05, 0.1) is 13.2 Å². The molecule has 1 saturated heterocycles. The van der Waals surface area contributed by atoms with E-state index < -0.39 is 0 Å². The first-order valence-corrected chi connectivity index (χ1v) is 6.33. The van der Waals surface area contributed by atoms with Gasteiger partial charge in [-0.2, -0.15) is 5.10 Å². The molecule has 1 unspecified atom stereocenters. The molecule has 1 aliphatic rings. The van der Waals surface area contributed by atoms with E-state index in [2.05, 4.69) is 20.5 Å². The zero-order chi connectivity index (χ0) is 13.7. The molecule has 1 aromatic heterocycles. The van der Waals surface area contributed by atoms with Crippen molar-refractivity contribution in [2.75, 3.05) is 19.0 Å². The Morgan fingerprint density at radius 3 is 3.00 bits per heavy atom. The molecule has 1 aliphatic heterocycles. The number of anilines is 1. The zero-order valence-corrected chi connectivity index (χ0v) is 12.1. The van der Waals surface area contributed by atoms with Crippen molar-refractivity contribution in [3.63, 3.8) is 0 Å². The molecular weight excluding hydrogens is 284 g/mol. The topological polar surface area (TPSA) is 85.2 Å². The molecule has 2 rings (SSSR count). The van der Waals surface area contributed by atoms with Gasteiger partial charge >= 0.3 is 5.97 Å². The maximum atomic E-state index is 11.9. The second-order valence-electron chi connectivity index (χ2n) is 4.47. The maximum absolute atomic E-state index is 11.9.